The van der Waals surface area contributed by atoms with Crippen LogP contribution in [0.2, 0.25) is 0 Å². The van der Waals surface area contributed by atoms with Gasteiger partial charge in [-0.15, -0.1) is 0 Å². The molecule has 0 aromatic carbocycles. The standard InChI is InChI=1S/C16H27N7O4S/c1-12(11-22-13(2)10-14(20-22)23(25)26)15(24)18-19-16(28)17-4-3-5-21-6-8-27-9-7-21/h10,12H,3-9,11H2,1-2H3,(H,18,24)(H2,17,19,28)/t12-/m1/s1. The number of thiocarbonyl (C=S) groups is 1. The molecular formula is C16H27N7O4S. The highest BCUT2D eigenvalue weighted by Crippen LogP contribution is 2.12. The van der Waals surface area contributed by atoms with Gasteiger partial charge in [0.2, 0.25) is 5.91 Å². The van der Waals surface area contributed by atoms with Gasteiger partial charge in [0, 0.05) is 19.6 Å². The lowest BCUT2D eigenvalue weighted by molar-refractivity contribution is -0.389. The van der Waals surface area contributed by atoms with Gasteiger partial charge in [-0.1, -0.05) is 6.92 Å². The lowest BCUT2D eigenvalue weighted by atomic mass is 10.2. The van der Waals surface area contributed by atoms with Crippen molar-refractivity contribution >= 4 is 29.1 Å². The summed E-state index contributed by atoms with van der Waals surface area (Å²) in [6.07, 6.45) is 0.934. The molecule has 1 aromatic heterocycles. The molecule has 0 saturated carbocycles. The molecule has 3 N–H and O–H groups in total. The number of nitro groups is 1. The molecule has 1 aromatic rings. The molecule has 0 spiro atoms. The van der Waals surface area contributed by atoms with Gasteiger partial charge in [0.1, 0.15) is 0 Å². The quantitative estimate of drug-likeness (QED) is 0.233. The van der Waals surface area contributed by atoms with E-state index in [2.05, 4.69) is 26.2 Å². The van der Waals surface area contributed by atoms with Gasteiger partial charge < -0.3 is 20.2 Å². The van der Waals surface area contributed by atoms with Crippen LogP contribution in [0.15, 0.2) is 6.07 Å². The lowest BCUT2D eigenvalue weighted by Gasteiger charge is -2.26. The fourth-order valence-electron chi connectivity index (χ4n) is 2.72. The summed E-state index contributed by atoms with van der Waals surface area (Å²) in [5.74, 6) is -0.962. The van der Waals surface area contributed by atoms with E-state index in [0.717, 1.165) is 39.3 Å². The van der Waals surface area contributed by atoms with E-state index in [-0.39, 0.29) is 18.3 Å². The fourth-order valence-corrected chi connectivity index (χ4v) is 2.88. The summed E-state index contributed by atoms with van der Waals surface area (Å²) in [7, 11) is 0. The van der Waals surface area contributed by atoms with Crippen molar-refractivity contribution in [3.63, 3.8) is 0 Å². The SMILES string of the molecule is Cc1cc([N+](=O)[O-])nn1C[C@@H](C)C(=O)NNC(=S)NCCCN1CCOCC1. The summed E-state index contributed by atoms with van der Waals surface area (Å²) in [5, 5.41) is 18.0. The van der Waals surface area contributed by atoms with E-state index in [0.29, 0.717) is 17.4 Å². The Kier molecular flexibility index (Phi) is 8.54. The van der Waals surface area contributed by atoms with E-state index >= 15 is 0 Å². The highest BCUT2D eigenvalue weighted by molar-refractivity contribution is 7.80. The van der Waals surface area contributed by atoms with Crippen molar-refractivity contribution in [2.24, 2.45) is 5.92 Å². The van der Waals surface area contributed by atoms with E-state index in [1.54, 1.807) is 13.8 Å². The molecule has 1 aliphatic rings. The van der Waals surface area contributed by atoms with Gasteiger partial charge in [0.05, 0.1) is 42.5 Å². The summed E-state index contributed by atoms with van der Waals surface area (Å²) < 4.78 is 6.76. The number of hydrogen-bond acceptors (Lipinski definition) is 7. The van der Waals surface area contributed by atoms with Crippen LogP contribution in [0.1, 0.15) is 19.0 Å². The zero-order chi connectivity index (χ0) is 20.5. The van der Waals surface area contributed by atoms with Crippen molar-refractivity contribution in [1.29, 1.82) is 0 Å². The van der Waals surface area contributed by atoms with E-state index in [1.807, 2.05) is 0 Å². The minimum Gasteiger partial charge on any atom is -0.379 e. The smallest absolute Gasteiger partial charge is 0.379 e. The van der Waals surface area contributed by atoms with Crippen LogP contribution in [0.3, 0.4) is 0 Å². The van der Waals surface area contributed by atoms with Crippen molar-refractivity contribution in [1.82, 2.24) is 30.8 Å². The van der Waals surface area contributed by atoms with Crippen LogP contribution >= 0.6 is 12.2 Å². The van der Waals surface area contributed by atoms with E-state index in [1.165, 1.54) is 10.7 Å². The molecule has 1 atom stereocenters. The minimum atomic E-state index is -0.557. The van der Waals surface area contributed by atoms with Crippen molar-refractivity contribution in [2.75, 3.05) is 39.4 Å². The molecule has 0 unspecified atom stereocenters. The number of carbonyl (C=O) groups is 1. The Morgan fingerprint density at radius 2 is 2.14 bits per heavy atom. The van der Waals surface area contributed by atoms with E-state index in [9.17, 15) is 14.9 Å². The Hall–Kier alpha value is -2.31. The van der Waals surface area contributed by atoms with Gasteiger partial charge in [-0.25, -0.2) is 0 Å². The predicted octanol–water partition coefficient (Wildman–Crippen LogP) is -0.0466. The van der Waals surface area contributed by atoms with Crippen molar-refractivity contribution in [3.05, 3.63) is 21.9 Å². The third-order valence-corrected chi connectivity index (χ3v) is 4.64. The third-order valence-electron chi connectivity index (χ3n) is 4.39. The number of ether oxygens (including phenoxy) is 1. The average Bonchev–Trinajstić information content (AvgIpc) is 3.05. The molecule has 1 fully saturated rings. The van der Waals surface area contributed by atoms with Gasteiger partial charge >= 0.3 is 5.82 Å². The number of aryl methyl sites for hydroxylation is 1. The second kappa shape index (κ2) is 10.9. The van der Waals surface area contributed by atoms with Crippen LogP contribution in [0, 0.1) is 23.0 Å². The number of hydrazine groups is 1. The number of aromatic nitrogens is 2. The van der Waals surface area contributed by atoms with Crippen LogP contribution in [0.25, 0.3) is 0 Å². The number of rotatable bonds is 8. The minimum absolute atomic E-state index is 0.229. The van der Waals surface area contributed by atoms with Gasteiger partial charge in [-0.05, 0) is 37.0 Å². The van der Waals surface area contributed by atoms with Gasteiger partial charge in [0.15, 0.2) is 5.11 Å². The Labute approximate surface area is 168 Å². The monoisotopic (exact) mass is 413 g/mol. The number of nitrogens with one attached hydrogen (secondary N) is 3. The molecule has 28 heavy (non-hydrogen) atoms. The van der Waals surface area contributed by atoms with Crippen LogP contribution in [0.5, 0.6) is 0 Å². The van der Waals surface area contributed by atoms with E-state index in [4.69, 9.17) is 17.0 Å². The second-order valence-electron chi connectivity index (χ2n) is 6.66. The highest BCUT2D eigenvalue weighted by atomic mass is 32.1. The first-order valence-corrected chi connectivity index (χ1v) is 9.60. The summed E-state index contributed by atoms with van der Waals surface area (Å²) in [6, 6.07) is 1.37. The van der Waals surface area contributed by atoms with Crippen LogP contribution in [0.4, 0.5) is 5.82 Å². The van der Waals surface area contributed by atoms with Crippen LogP contribution < -0.4 is 16.2 Å². The summed E-state index contributed by atoms with van der Waals surface area (Å²) in [5.41, 5.74) is 5.84. The summed E-state index contributed by atoms with van der Waals surface area (Å²) in [4.78, 5) is 24.7. The molecule has 12 heteroatoms. The summed E-state index contributed by atoms with van der Waals surface area (Å²) in [6.45, 7) is 8.79. The Balaban J connectivity index is 1.63. The predicted molar refractivity (Wildman–Crippen MR) is 107 cm³/mol. The molecule has 1 saturated heterocycles. The molecule has 2 rings (SSSR count). The molecule has 1 aliphatic heterocycles. The topological polar surface area (TPSA) is 127 Å². The number of carbonyl (C=O) groups excluding carboxylic acids is 1. The van der Waals surface area contributed by atoms with Gasteiger partial charge in [-0.3, -0.25) is 20.5 Å². The van der Waals surface area contributed by atoms with Crippen molar-refractivity contribution < 1.29 is 14.5 Å². The molecule has 11 nitrogen and oxygen atoms in total. The van der Waals surface area contributed by atoms with Crippen molar-refractivity contribution in [2.45, 2.75) is 26.8 Å². The van der Waals surface area contributed by atoms with Crippen LogP contribution in [-0.4, -0.2) is 70.0 Å². The fraction of sp³-hybridized carbons (Fsp3) is 0.688. The average molecular weight is 414 g/mol. The van der Waals surface area contributed by atoms with Crippen LogP contribution in [-0.2, 0) is 16.1 Å². The normalized spacial score (nSPS) is 15.6. The lowest BCUT2D eigenvalue weighted by Crippen LogP contribution is -2.49. The molecule has 0 bridgehead atoms. The largest absolute Gasteiger partial charge is 0.390 e. The number of hydrogen-bond donors (Lipinski definition) is 3. The first-order valence-electron chi connectivity index (χ1n) is 9.19. The first kappa shape index (κ1) is 22.0. The zero-order valence-electron chi connectivity index (χ0n) is 16.1. The van der Waals surface area contributed by atoms with E-state index < -0.39 is 10.8 Å². The zero-order valence-corrected chi connectivity index (χ0v) is 17.0. The molecule has 1 amide bonds. The maximum Gasteiger partial charge on any atom is 0.390 e. The molecular weight excluding hydrogens is 386 g/mol. The Morgan fingerprint density at radius 1 is 1.43 bits per heavy atom. The molecule has 0 radical (unpaired) electrons. The molecule has 2 heterocycles. The molecule has 156 valence electrons. The number of amides is 1. The second-order valence-corrected chi connectivity index (χ2v) is 7.07. The highest BCUT2D eigenvalue weighted by Gasteiger charge is 2.20. The number of morpholine rings is 1. The van der Waals surface area contributed by atoms with Gasteiger partial charge in [-0.2, -0.15) is 4.68 Å². The third kappa shape index (κ3) is 7.02. The van der Waals surface area contributed by atoms with Gasteiger partial charge in [0.25, 0.3) is 0 Å². The maximum absolute atomic E-state index is 12.2. The Morgan fingerprint density at radius 3 is 2.79 bits per heavy atom. The number of nitrogens with zero attached hydrogens (tertiary/aromatic N) is 4. The molecule has 0 aliphatic carbocycles. The maximum atomic E-state index is 12.2. The first-order chi connectivity index (χ1) is 13.4. The Bertz CT molecular complexity index is 691. The summed E-state index contributed by atoms with van der Waals surface area (Å²) >= 11 is 5.15. The van der Waals surface area contributed by atoms with Crippen molar-refractivity contribution in [3.8, 4) is 0 Å².